The number of benzene rings is 1. The summed E-state index contributed by atoms with van der Waals surface area (Å²) < 4.78 is 10.5. The first-order chi connectivity index (χ1) is 7.83. The van der Waals surface area contributed by atoms with E-state index in [1.807, 2.05) is 12.1 Å². The Morgan fingerprint density at radius 3 is 3.12 bits per heavy atom. The van der Waals surface area contributed by atoms with Gasteiger partial charge < -0.3 is 9.26 Å². The molecule has 0 radical (unpaired) electrons. The molecule has 3 nitrogen and oxygen atoms in total. The number of nitrogens with zero attached hydrogens (tertiary/aromatic N) is 1. The number of hydrogen-bond donors (Lipinski definition) is 0. The first-order valence-corrected chi connectivity index (χ1v) is 5.57. The zero-order valence-electron chi connectivity index (χ0n) is 8.79. The van der Waals surface area contributed by atoms with Gasteiger partial charge in [-0.2, -0.15) is 0 Å². The lowest BCUT2D eigenvalue weighted by atomic mass is 10.1. The highest BCUT2D eigenvalue weighted by Gasteiger charge is 2.26. The average Bonchev–Trinajstić information content (AvgIpc) is 2.86. The van der Waals surface area contributed by atoms with Crippen molar-refractivity contribution in [3.63, 3.8) is 0 Å². The van der Waals surface area contributed by atoms with E-state index >= 15 is 0 Å². The molecule has 0 aliphatic heterocycles. The van der Waals surface area contributed by atoms with Crippen LogP contribution in [0.15, 0.2) is 22.7 Å². The third-order valence-electron chi connectivity index (χ3n) is 2.93. The van der Waals surface area contributed by atoms with Crippen LogP contribution in [0.4, 0.5) is 0 Å². The van der Waals surface area contributed by atoms with Crippen molar-refractivity contribution in [1.29, 1.82) is 0 Å². The van der Waals surface area contributed by atoms with E-state index in [0.717, 1.165) is 34.8 Å². The smallest absolute Gasteiger partial charge is 0.171 e. The van der Waals surface area contributed by atoms with Crippen LogP contribution >= 0.6 is 11.6 Å². The van der Waals surface area contributed by atoms with Crippen molar-refractivity contribution in [3.8, 4) is 17.1 Å². The third-order valence-corrected chi connectivity index (χ3v) is 3.18. The molecule has 0 fully saturated rings. The minimum absolute atomic E-state index is 0.393. The van der Waals surface area contributed by atoms with Gasteiger partial charge in [0.2, 0.25) is 0 Å². The molecular weight excluding hydrogens is 226 g/mol. The maximum absolute atomic E-state index is 5.81. The van der Waals surface area contributed by atoms with Crippen molar-refractivity contribution in [3.05, 3.63) is 35.0 Å². The number of ether oxygens (including phenoxy) is 1. The molecule has 16 heavy (non-hydrogen) atoms. The molecule has 0 atom stereocenters. The van der Waals surface area contributed by atoms with Gasteiger partial charge in [0.15, 0.2) is 5.76 Å². The van der Waals surface area contributed by atoms with Crippen LogP contribution in [0.1, 0.15) is 16.8 Å². The summed E-state index contributed by atoms with van der Waals surface area (Å²) >= 11 is 5.81. The van der Waals surface area contributed by atoms with Crippen LogP contribution in [0.2, 0.25) is 0 Å². The van der Waals surface area contributed by atoms with Crippen molar-refractivity contribution in [2.24, 2.45) is 0 Å². The molecule has 1 aliphatic carbocycles. The van der Waals surface area contributed by atoms with E-state index in [1.54, 1.807) is 7.11 Å². The van der Waals surface area contributed by atoms with Gasteiger partial charge in [-0.1, -0.05) is 11.2 Å². The highest BCUT2D eigenvalue weighted by molar-refractivity contribution is 6.17. The van der Waals surface area contributed by atoms with Crippen molar-refractivity contribution < 1.29 is 9.26 Å². The van der Waals surface area contributed by atoms with Gasteiger partial charge in [-0.25, -0.2) is 0 Å². The van der Waals surface area contributed by atoms with Crippen LogP contribution in [-0.4, -0.2) is 12.3 Å². The molecule has 3 rings (SSSR count). The maximum Gasteiger partial charge on any atom is 0.171 e. The van der Waals surface area contributed by atoms with Crippen molar-refractivity contribution >= 4 is 11.6 Å². The summed E-state index contributed by atoms with van der Waals surface area (Å²) in [6.45, 7) is 0. The molecule has 1 heterocycles. The fraction of sp³-hybridized carbons (Fsp3) is 0.250. The normalized spacial score (nSPS) is 12.4. The number of aromatic nitrogens is 1. The van der Waals surface area contributed by atoms with E-state index < -0.39 is 0 Å². The number of fused-ring (bicyclic) bond motifs is 3. The molecule has 4 heteroatoms. The molecule has 2 aromatic rings. The Morgan fingerprint density at radius 1 is 1.50 bits per heavy atom. The lowest BCUT2D eigenvalue weighted by molar-refractivity contribution is 0.413. The largest absolute Gasteiger partial charge is 0.497 e. The monoisotopic (exact) mass is 235 g/mol. The zero-order chi connectivity index (χ0) is 11.1. The number of halogens is 1. The van der Waals surface area contributed by atoms with Gasteiger partial charge in [-0.15, -0.1) is 11.6 Å². The second-order valence-corrected chi connectivity index (χ2v) is 4.04. The highest BCUT2D eigenvalue weighted by atomic mass is 35.5. The van der Waals surface area contributed by atoms with E-state index in [4.69, 9.17) is 20.9 Å². The van der Waals surface area contributed by atoms with Crippen LogP contribution < -0.4 is 4.74 Å². The highest BCUT2D eigenvalue weighted by Crippen LogP contribution is 2.40. The predicted octanol–water partition coefficient (Wildman–Crippen LogP) is 2.99. The lowest BCUT2D eigenvalue weighted by Crippen LogP contribution is -1.87. The Balaban J connectivity index is 2.16. The van der Waals surface area contributed by atoms with Crippen LogP contribution in [0.5, 0.6) is 5.75 Å². The first kappa shape index (κ1) is 9.73. The van der Waals surface area contributed by atoms with Gasteiger partial charge in [0.25, 0.3) is 0 Å². The van der Waals surface area contributed by atoms with Gasteiger partial charge in [0.05, 0.1) is 13.0 Å². The van der Waals surface area contributed by atoms with Crippen LogP contribution in [0.25, 0.3) is 11.3 Å². The van der Waals surface area contributed by atoms with Gasteiger partial charge >= 0.3 is 0 Å². The number of methoxy groups -OCH3 is 1. The van der Waals surface area contributed by atoms with Gasteiger partial charge in [0, 0.05) is 17.5 Å². The minimum atomic E-state index is 0.393. The zero-order valence-corrected chi connectivity index (χ0v) is 9.54. The summed E-state index contributed by atoms with van der Waals surface area (Å²) in [5.74, 6) is 2.06. The number of alkyl halides is 1. The summed E-state index contributed by atoms with van der Waals surface area (Å²) in [6.07, 6.45) is 0.847. The second kappa shape index (κ2) is 3.52. The van der Waals surface area contributed by atoms with E-state index in [2.05, 4.69) is 11.2 Å². The van der Waals surface area contributed by atoms with E-state index in [9.17, 15) is 0 Å². The Kier molecular flexibility index (Phi) is 2.14. The molecule has 0 saturated heterocycles. The van der Waals surface area contributed by atoms with Crippen LogP contribution in [0.3, 0.4) is 0 Å². The van der Waals surface area contributed by atoms with Gasteiger partial charge in [0.1, 0.15) is 11.4 Å². The molecule has 0 saturated carbocycles. The molecule has 0 amide bonds. The molecule has 0 bridgehead atoms. The Labute approximate surface area is 98.0 Å². The van der Waals surface area contributed by atoms with Crippen molar-refractivity contribution in [2.45, 2.75) is 12.3 Å². The van der Waals surface area contributed by atoms with Crippen molar-refractivity contribution in [1.82, 2.24) is 5.16 Å². The fourth-order valence-electron chi connectivity index (χ4n) is 2.08. The summed E-state index contributed by atoms with van der Waals surface area (Å²) in [6, 6.07) is 5.99. The molecule has 0 unspecified atom stereocenters. The molecule has 0 N–H and O–H groups in total. The fourth-order valence-corrected chi connectivity index (χ4v) is 2.29. The lowest BCUT2D eigenvalue weighted by Gasteiger charge is -2.02. The van der Waals surface area contributed by atoms with Crippen LogP contribution in [0, 0.1) is 0 Å². The quantitative estimate of drug-likeness (QED) is 0.641. The van der Waals surface area contributed by atoms with Crippen LogP contribution in [-0.2, 0) is 12.3 Å². The predicted molar refractivity (Wildman–Crippen MR) is 60.9 cm³/mol. The molecule has 1 aromatic carbocycles. The Hall–Kier alpha value is -1.48. The third kappa shape index (κ3) is 1.25. The maximum atomic E-state index is 5.81. The number of hydrogen-bond acceptors (Lipinski definition) is 3. The Bertz CT molecular complexity index is 548. The van der Waals surface area contributed by atoms with Gasteiger partial charge in [-0.05, 0) is 17.7 Å². The van der Waals surface area contributed by atoms with E-state index in [-0.39, 0.29) is 0 Å². The second-order valence-electron chi connectivity index (χ2n) is 3.77. The standard InChI is InChI=1S/C12H10ClNO2/c1-15-8-3-2-7-4-10-11(6-13)14-16-12(10)9(7)5-8/h2-3,5H,4,6H2,1H3. The summed E-state index contributed by atoms with van der Waals surface area (Å²) in [4.78, 5) is 0. The molecule has 1 aromatic heterocycles. The topological polar surface area (TPSA) is 35.3 Å². The first-order valence-electron chi connectivity index (χ1n) is 5.04. The molecular formula is C12H10ClNO2. The summed E-state index contributed by atoms with van der Waals surface area (Å²) in [5, 5.41) is 3.96. The summed E-state index contributed by atoms with van der Waals surface area (Å²) in [7, 11) is 1.65. The molecule has 82 valence electrons. The molecule has 0 spiro atoms. The number of rotatable bonds is 2. The average molecular weight is 236 g/mol. The Morgan fingerprint density at radius 2 is 2.38 bits per heavy atom. The van der Waals surface area contributed by atoms with E-state index in [1.165, 1.54) is 5.56 Å². The van der Waals surface area contributed by atoms with E-state index in [0.29, 0.717) is 5.88 Å². The summed E-state index contributed by atoms with van der Waals surface area (Å²) in [5.41, 5.74) is 4.26. The SMILES string of the molecule is COc1ccc2c(c1)-c1onc(CCl)c1C2. The van der Waals surface area contributed by atoms with Crippen molar-refractivity contribution in [2.75, 3.05) is 7.11 Å². The van der Waals surface area contributed by atoms with Gasteiger partial charge in [-0.3, -0.25) is 0 Å². The molecule has 1 aliphatic rings. The minimum Gasteiger partial charge on any atom is -0.497 e.